The molecule has 2 heteroatoms. The Morgan fingerprint density at radius 1 is 1.00 bits per heavy atom. The highest BCUT2D eigenvalue weighted by Crippen LogP contribution is 2.25. The van der Waals surface area contributed by atoms with Crippen LogP contribution >= 0.6 is 22.6 Å². The summed E-state index contributed by atoms with van der Waals surface area (Å²) in [5.41, 5.74) is 11.3. The van der Waals surface area contributed by atoms with Gasteiger partial charge in [-0.15, -0.1) is 0 Å². The summed E-state index contributed by atoms with van der Waals surface area (Å²) in [4.78, 5) is 0. The van der Waals surface area contributed by atoms with Crippen LogP contribution in [0.3, 0.4) is 0 Å². The maximum atomic E-state index is 6.33. The van der Waals surface area contributed by atoms with Gasteiger partial charge in [-0.3, -0.25) is 0 Å². The number of hydrogen-bond acceptors (Lipinski definition) is 1. The van der Waals surface area contributed by atoms with Crippen LogP contribution in [0.2, 0.25) is 0 Å². The lowest BCUT2D eigenvalue weighted by molar-refractivity contribution is 0.862. The first-order chi connectivity index (χ1) is 8.09. The van der Waals surface area contributed by atoms with Gasteiger partial charge in [0.2, 0.25) is 0 Å². The largest absolute Gasteiger partial charge is 0.320 e. The fourth-order valence-electron chi connectivity index (χ4n) is 1.86. The van der Waals surface area contributed by atoms with Gasteiger partial charge in [0.05, 0.1) is 6.04 Å². The van der Waals surface area contributed by atoms with Gasteiger partial charge in [-0.1, -0.05) is 36.4 Å². The van der Waals surface area contributed by atoms with E-state index in [2.05, 4.69) is 66.8 Å². The molecule has 0 aliphatic heterocycles. The molecular formula is C15H16IN. The number of hydrogen-bond donors (Lipinski definition) is 1. The first-order valence-corrected chi connectivity index (χ1v) is 6.74. The minimum atomic E-state index is -0.0394. The molecule has 1 unspecified atom stereocenters. The predicted molar refractivity (Wildman–Crippen MR) is 81.1 cm³/mol. The Bertz CT molecular complexity index is 534. The summed E-state index contributed by atoms with van der Waals surface area (Å²) < 4.78 is 1.22. The molecule has 0 bridgehead atoms. The molecule has 0 radical (unpaired) electrons. The van der Waals surface area contributed by atoms with Gasteiger partial charge in [-0.2, -0.15) is 0 Å². The normalized spacial score (nSPS) is 12.5. The van der Waals surface area contributed by atoms with Gasteiger partial charge >= 0.3 is 0 Å². The van der Waals surface area contributed by atoms with Crippen LogP contribution in [0.25, 0.3) is 0 Å². The van der Waals surface area contributed by atoms with E-state index >= 15 is 0 Å². The lowest BCUT2D eigenvalue weighted by Gasteiger charge is -2.15. The molecule has 2 aromatic rings. The molecule has 17 heavy (non-hydrogen) atoms. The second-order valence-corrected chi connectivity index (χ2v) is 5.51. The molecule has 1 nitrogen and oxygen atoms in total. The molecule has 2 N–H and O–H groups in total. The van der Waals surface area contributed by atoms with Crippen LogP contribution in [-0.2, 0) is 0 Å². The Kier molecular flexibility index (Phi) is 3.84. The molecule has 1 atom stereocenters. The van der Waals surface area contributed by atoms with E-state index in [0.29, 0.717) is 0 Å². The van der Waals surface area contributed by atoms with Gasteiger partial charge < -0.3 is 5.73 Å². The SMILES string of the molecule is Cc1ccc(C(N)c2ccccc2I)cc1C. The average Bonchev–Trinajstić information content (AvgIpc) is 2.32. The third kappa shape index (κ3) is 2.69. The van der Waals surface area contributed by atoms with E-state index in [-0.39, 0.29) is 6.04 Å². The van der Waals surface area contributed by atoms with Crippen LogP contribution in [0.4, 0.5) is 0 Å². The third-order valence-corrected chi connectivity index (χ3v) is 4.11. The van der Waals surface area contributed by atoms with Crippen molar-refractivity contribution in [2.75, 3.05) is 0 Å². The third-order valence-electron chi connectivity index (χ3n) is 3.13. The van der Waals surface area contributed by atoms with Crippen LogP contribution in [0.5, 0.6) is 0 Å². The summed E-state index contributed by atoms with van der Waals surface area (Å²) in [6.07, 6.45) is 0. The van der Waals surface area contributed by atoms with Gasteiger partial charge in [0, 0.05) is 3.57 Å². The van der Waals surface area contributed by atoms with Crippen LogP contribution in [0.1, 0.15) is 28.3 Å². The van der Waals surface area contributed by atoms with Crippen molar-refractivity contribution in [1.82, 2.24) is 0 Å². The van der Waals surface area contributed by atoms with Crippen molar-refractivity contribution >= 4 is 22.6 Å². The van der Waals surface area contributed by atoms with E-state index in [9.17, 15) is 0 Å². The van der Waals surface area contributed by atoms with Crippen molar-refractivity contribution in [2.24, 2.45) is 5.73 Å². The van der Waals surface area contributed by atoms with Gasteiger partial charge in [-0.25, -0.2) is 0 Å². The van der Waals surface area contributed by atoms with Crippen molar-refractivity contribution in [2.45, 2.75) is 19.9 Å². The zero-order valence-electron chi connectivity index (χ0n) is 10.1. The molecule has 0 saturated carbocycles. The second-order valence-electron chi connectivity index (χ2n) is 4.34. The summed E-state index contributed by atoms with van der Waals surface area (Å²) in [5, 5.41) is 0. The number of nitrogens with two attached hydrogens (primary N) is 1. The summed E-state index contributed by atoms with van der Waals surface area (Å²) >= 11 is 2.34. The lowest BCUT2D eigenvalue weighted by Crippen LogP contribution is -2.13. The smallest absolute Gasteiger partial charge is 0.0562 e. The molecule has 0 saturated heterocycles. The minimum absolute atomic E-state index is 0.0394. The highest BCUT2D eigenvalue weighted by atomic mass is 127. The minimum Gasteiger partial charge on any atom is -0.320 e. The zero-order valence-corrected chi connectivity index (χ0v) is 12.2. The molecule has 0 amide bonds. The first kappa shape index (κ1) is 12.6. The molecule has 0 heterocycles. The molecule has 0 spiro atoms. The van der Waals surface area contributed by atoms with Crippen LogP contribution < -0.4 is 5.73 Å². The summed E-state index contributed by atoms with van der Waals surface area (Å²) in [5.74, 6) is 0. The van der Waals surface area contributed by atoms with E-state index in [4.69, 9.17) is 5.73 Å². The Morgan fingerprint density at radius 3 is 2.35 bits per heavy atom. The Balaban J connectivity index is 2.40. The van der Waals surface area contributed by atoms with Gasteiger partial charge in [0.1, 0.15) is 0 Å². The highest BCUT2D eigenvalue weighted by Gasteiger charge is 2.11. The Hall–Kier alpha value is -0.870. The fourth-order valence-corrected chi connectivity index (χ4v) is 2.59. The van der Waals surface area contributed by atoms with Gasteiger partial charge in [-0.05, 0) is 64.8 Å². The number of aryl methyl sites for hydroxylation is 2. The van der Waals surface area contributed by atoms with Crippen LogP contribution in [0.15, 0.2) is 42.5 Å². The zero-order chi connectivity index (χ0) is 12.4. The monoisotopic (exact) mass is 337 g/mol. The van der Waals surface area contributed by atoms with Crippen LogP contribution in [0, 0.1) is 17.4 Å². The maximum absolute atomic E-state index is 6.33. The summed E-state index contributed by atoms with van der Waals surface area (Å²) in [6, 6.07) is 14.7. The number of rotatable bonds is 2. The molecule has 0 aliphatic carbocycles. The quantitative estimate of drug-likeness (QED) is 0.825. The number of benzene rings is 2. The number of halogens is 1. The van der Waals surface area contributed by atoms with Crippen molar-refractivity contribution in [1.29, 1.82) is 0 Å². The predicted octanol–water partition coefficient (Wildman–Crippen LogP) is 3.96. The molecule has 0 fully saturated rings. The molecule has 0 aliphatic rings. The Morgan fingerprint density at radius 2 is 1.71 bits per heavy atom. The van der Waals surface area contributed by atoms with E-state index in [1.54, 1.807) is 0 Å². The van der Waals surface area contributed by atoms with Gasteiger partial charge in [0.15, 0.2) is 0 Å². The highest BCUT2D eigenvalue weighted by molar-refractivity contribution is 14.1. The fraction of sp³-hybridized carbons (Fsp3) is 0.200. The van der Waals surface area contributed by atoms with Crippen molar-refractivity contribution in [3.05, 3.63) is 68.3 Å². The topological polar surface area (TPSA) is 26.0 Å². The summed E-state index contributed by atoms with van der Waals surface area (Å²) in [7, 11) is 0. The standard InChI is InChI=1S/C15H16IN/c1-10-7-8-12(9-11(10)2)15(17)13-5-3-4-6-14(13)16/h3-9,15H,17H2,1-2H3. The second kappa shape index (κ2) is 5.19. The molecular weight excluding hydrogens is 321 g/mol. The van der Waals surface area contributed by atoms with Gasteiger partial charge in [0.25, 0.3) is 0 Å². The van der Waals surface area contributed by atoms with E-state index in [0.717, 1.165) is 0 Å². The molecule has 2 aromatic carbocycles. The summed E-state index contributed by atoms with van der Waals surface area (Å²) in [6.45, 7) is 4.25. The van der Waals surface area contributed by atoms with Crippen molar-refractivity contribution in [3.63, 3.8) is 0 Å². The van der Waals surface area contributed by atoms with E-state index in [1.807, 2.05) is 12.1 Å². The maximum Gasteiger partial charge on any atom is 0.0562 e. The molecule has 88 valence electrons. The average molecular weight is 337 g/mol. The lowest BCUT2D eigenvalue weighted by atomic mass is 9.96. The first-order valence-electron chi connectivity index (χ1n) is 5.67. The van der Waals surface area contributed by atoms with Crippen molar-refractivity contribution < 1.29 is 0 Å². The molecule has 2 rings (SSSR count). The van der Waals surface area contributed by atoms with E-state index in [1.165, 1.54) is 25.8 Å². The van der Waals surface area contributed by atoms with Crippen LogP contribution in [-0.4, -0.2) is 0 Å². The van der Waals surface area contributed by atoms with Crippen molar-refractivity contribution in [3.8, 4) is 0 Å². The Labute approximate surface area is 116 Å². The molecule has 0 aromatic heterocycles. The van der Waals surface area contributed by atoms with E-state index < -0.39 is 0 Å².